The van der Waals surface area contributed by atoms with Crippen molar-refractivity contribution in [2.24, 2.45) is 0 Å². The lowest BCUT2D eigenvalue weighted by Crippen LogP contribution is -2.41. The fraction of sp³-hybridized carbons (Fsp3) is 0.409. The summed E-state index contributed by atoms with van der Waals surface area (Å²) in [5.41, 5.74) is 3.69. The Kier molecular flexibility index (Phi) is 7.67. The minimum absolute atomic E-state index is 0.181. The van der Waals surface area contributed by atoms with Crippen LogP contribution in [0.15, 0.2) is 42.5 Å². The lowest BCUT2D eigenvalue weighted by molar-refractivity contribution is -0.120. The minimum Gasteiger partial charge on any atom is -0.494 e. The van der Waals surface area contributed by atoms with E-state index in [0.29, 0.717) is 24.5 Å². The van der Waals surface area contributed by atoms with Crippen LogP contribution >= 0.6 is 0 Å². The van der Waals surface area contributed by atoms with Crippen molar-refractivity contribution in [3.05, 3.63) is 59.2 Å². The summed E-state index contributed by atoms with van der Waals surface area (Å²) >= 11 is 0. The second kappa shape index (κ2) is 9.78. The average Bonchev–Trinajstić information content (AvgIpc) is 2.64. The van der Waals surface area contributed by atoms with Gasteiger partial charge in [-0.15, -0.1) is 0 Å². The number of nitrogens with one attached hydrogen (secondary N) is 1. The van der Waals surface area contributed by atoms with Crippen LogP contribution < -0.4 is 14.4 Å². The third-order valence-electron chi connectivity index (χ3n) is 4.65. The van der Waals surface area contributed by atoms with Crippen LogP contribution in [0, 0.1) is 13.8 Å². The number of nitrogens with zero attached hydrogens (tertiary/aromatic N) is 1. The second-order valence-electron chi connectivity index (χ2n) is 7.09. The van der Waals surface area contributed by atoms with Gasteiger partial charge in [0, 0.05) is 6.07 Å². The van der Waals surface area contributed by atoms with E-state index >= 15 is 0 Å². The largest absolute Gasteiger partial charge is 0.494 e. The first-order valence-electron chi connectivity index (χ1n) is 9.72. The monoisotopic (exact) mass is 418 g/mol. The lowest BCUT2D eigenvalue weighted by Gasteiger charge is -2.25. The van der Waals surface area contributed by atoms with Gasteiger partial charge in [-0.05, 0) is 50.5 Å². The van der Waals surface area contributed by atoms with Crippen molar-refractivity contribution in [3.8, 4) is 5.75 Å². The summed E-state index contributed by atoms with van der Waals surface area (Å²) in [6, 6.07) is 12.7. The summed E-state index contributed by atoms with van der Waals surface area (Å²) in [6.07, 6.45) is 1.80. The molecule has 0 heterocycles. The van der Waals surface area contributed by atoms with Gasteiger partial charge in [-0.25, -0.2) is 8.42 Å². The third kappa shape index (κ3) is 6.22. The molecule has 1 N–H and O–H groups in total. The number of hydrogen-bond donors (Lipinski definition) is 1. The Morgan fingerprint density at radius 3 is 2.45 bits per heavy atom. The van der Waals surface area contributed by atoms with Gasteiger partial charge in [-0.3, -0.25) is 9.10 Å². The molecule has 2 rings (SSSR count). The van der Waals surface area contributed by atoms with Gasteiger partial charge < -0.3 is 10.1 Å². The van der Waals surface area contributed by atoms with Gasteiger partial charge in [0.05, 0.1) is 24.6 Å². The Morgan fingerprint density at radius 1 is 1.14 bits per heavy atom. The maximum Gasteiger partial charge on any atom is 0.241 e. The van der Waals surface area contributed by atoms with Gasteiger partial charge in [-0.2, -0.15) is 0 Å². The summed E-state index contributed by atoms with van der Waals surface area (Å²) in [5, 5.41) is 2.98. The topological polar surface area (TPSA) is 75.7 Å². The molecule has 1 atom stereocenters. The van der Waals surface area contributed by atoms with E-state index < -0.39 is 10.0 Å². The van der Waals surface area contributed by atoms with Gasteiger partial charge in [0.1, 0.15) is 12.3 Å². The van der Waals surface area contributed by atoms with Gasteiger partial charge in [0.2, 0.25) is 15.9 Å². The zero-order valence-electron chi connectivity index (χ0n) is 17.7. The number of benzene rings is 2. The highest BCUT2D eigenvalue weighted by molar-refractivity contribution is 7.92. The van der Waals surface area contributed by atoms with E-state index in [0.717, 1.165) is 27.3 Å². The Morgan fingerprint density at radius 2 is 1.86 bits per heavy atom. The molecule has 1 unspecified atom stereocenters. The summed E-state index contributed by atoms with van der Waals surface area (Å²) in [4.78, 5) is 12.8. The maximum atomic E-state index is 12.8. The Balaban J connectivity index is 2.23. The van der Waals surface area contributed by atoms with Crippen molar-refractivity contribution in [2.45, 2.75) is 40.2 Å². The molecule has 0 saturated carbocycles. The quantitative estimate of drug-likeness (QED) is 0.673. The van der Waals surface area contributed by atoms with E-state index in [2.05, 4.69) is 11.4 Å². The summed E-state index contributed by atoms with van der Waals surface area (Å²) in [7, 11) is -3.65. The van der Waals surface area contributed by atoms with E-state index in [1.54, 1.807) is 24.3 Å². The Bertz CT molecular complexity index is 957. The van der Waals surface area contributed by atoms with Crippen LogP contribution in [0.3, 0.4) is 0 Å². The Labute approximate surface area is 173 Å². The third-order valence-corrected chi connectivity index (χ3v) is 5.79. The van der Waals surface area contributed by atoms with E-state index in [-0.39, 0.29) is 18.5 Å². The van der Waals surface area contributed by atoms with E-state index in [9.17, 15) is 13.2 Å². The number of ether oxygens (including phenoxy) is 1. The molecule has 2 aromatic carbocycles. The molecule has 2 aromatic rings. The number of carbonyl (C=O) groups excluding carboxylic acids is 1. The molecular formula is C22H30N2O4S. The number of hydrogen-bond acceptors (Lipinski definition) is 4. The number of aryl methyl sites for hydroxylation is 2. The molecule has 6 nitrogen and oxygen atoms in total. The van der Waals surface area contributed by atoms with Crippen molar-refractivity contribution in [2.75, 3.05) is 23.7 Å². The number of rotatable bonds is 9. The fourth-order valence-electron chi connectivity index (χ4n) is 3.28. The average molecular weight is 419 g/mol. The number of sulfonamides is 1. The van der Waals surface area contributed by atoms with Crippen molar-refractivity contribution in [1.29, 1.82) is 0 Å². The predicted molar refractivity (Wildman–Crippen MR) is 117 cm³/mol. The first-order valence-corrected chi connectivity index (χ1v) is 11.6. The predicted octanol–water partition coefficient (Wildman–Crippen LogP) is 3.74. The zero-order valence-corrected chi connectivity index (χ0v) is 18.5. The van der Waals surface area contributed by atoms with Crippen LogP contribution in [0.4, 0.5) is 5.69 Å². The van der Waals surface area contributed by atoms with Crippen LogP contribution in [-0.2, 0) is 14.8 Å². The van der Waals surface area contributed by atoms with Gasteiger partial charge in [0.15, 0.2) is 0 Å². The molecule has 158 valence electrons. The molecule has 0 aromatic heterocycles. The van der Waals surface area contributed by atoms with E-state index in [1.807, 2.05) is 39.8 Å². The molecular weight excluding hydrogens is 388 g/mol. The highest BCUT2D eigenvalue weighted by Crippen LogP contribution is 2.24. The smallest absolute Gasteiger partial charge is 0.241 e. The minimum atomic E-state index is -3.65. The standard InChI is InChI=1S/C22H30N2O4S/c1-6-21(20-12-11-16(3)13-17(20)4)23-22(25)15-24(29(5,26)27)18-9-8-10-19(14-18)28-7-2/h8-14,21H,6-7,15H2,1-5H3,(H,23,25). The van der Waals surface area contributed by atoms with Crippen molar-refractivity contribution >= 4 is 21.6 Å². The molecule has 0 aliphatic heterocycles. The van der Waals surface area contributed by atoms with Crippen LogP contribution in [-0.4, -0.2) is 33.7 Å². The highest BCUT2D eigenvalue weighted by atomic mass is 32.2. The first-order chi connectivity index (χ1) is 13.7. The fourth-order valence-corrected chi connectivity index (χ4v) is 4.13. The summed E-state index contributed by atoms with van der Waals surface area (Å²) < 4.78 is 31.3. The number of anilines is 1. The molecule has 7 heteroatoms. The second-order valence-corrected chi connectivity index (χ2v) is 9.00. The van der Waals surface area contributed by atoms with Crippen LogP contribution in [0.2, 0.25) is 0 Å². The maximum absolute atomic E-state index is 12.8. The zero-order chi connectivity index (χ0) is 21.6. The SMILES string of the molecule is CCOc1cccc(N(CC(=O)NC(CC)c2ccc(C)cc2C)S(C)(=O)=O)c1. The highest BCUT2D eigenvalue weighted by Gasteiger charge is 2.23. The summed E-state index contributed by atoms with van der Waals surface area (Å²) in [5.74, 6) is 0.199. The molecule has 29 heavy (non-hydrogen) atoms. The molecule has 0 spiro atoms. The van der Waals surface area contributed by atoms with E-state index in [1.165, 1.54) is 0 Å². The molecule has 0 aliphatic carbocycles. The van der Waals surface area contributed by atoms with Gasteiger partial charge in [-0.1, -0.05) is 36.8 Å². The normalized spacial score (nSPS) is 12.3. The molecule has 0 radical (unpaired) electrons. The van der Waals surface area contributed by atoms with E-state index in [4.69, 9.17) is 4.74 Å². The van der Waals surface area contributed by atoms with Gasteiger partial charge >= 0.3 is 0 Å². The number of carbonyl (C=O) groups is 1. The van der Waals surface area contributed by atoms with Crippen molar-refractivity contribution in [1.82, 2.24) is 5.32 Å². The molecule has 0 bridgehead atoms. The van der Waals surface area contributed by atoms with Crippen molar-refractivity contribution in [3.63, 3.8) is 0 Å². The Hall–Kier alpha value is -2.54. The molecule has 0 saturated heterocycles. The lowest BCUT2D eigenvalue weighted by atomic mass is 9.97. The first kappa shape index (κ1) is 22.7. The molecule has 0 fully saturated rings. The van der Waals surface area contributed by atoms with Gasteiger partial charge in [0.25, 0.3) is 0 Å². The molecule has 1 amide bonds. The van der Waals surface area contributed by atoms with Crippen LogP contribution in [0.1, 0.15) is 43.0 Å². The van der Waals surface area contributed by atoms with Crippen LogP contribution in [0.25, 0.3) is 0 Å². The van der Waals surface area contributed by atoms with Crippen molar-refractivity contribution < 1.29 is 17.9 Å². The summed E-state index contributed by atoms with van der Waals surface area (Å²) in [6.45, 7) is 8.05. The van der Waals surface area contributed by atoms with Crippen LogP contribution in [0.5, 0.6) is 5.75 Å². The number of amides is 1. The molecule has 0 aliphatic rings.